The first-order chi connectivity index (χ1) is 11.4. The van der Waals surface area contributed by atoms with Crippen LogP contribution in [-0.2, 0) is 11.2 Å². The number of nitrogens with zero attached hydrogens (tertiary/aromatic N) is 1. The molecule has 0 spiro atoms. The van der Waals surface area contributed by atoms with Crippen LogP contribution in [0.4, 0.5) is 11.4 Å². The zero-order valence-corrected chi connectivity index (χ0v) is 14.9. The van der Waals surface area contributed by atoms with Crippen molar-refractivity contribution >= 4 is 33.2 Å². The van der Waals surface area contributed by atoms with Gasteiger partial charge in [-0.2, -0.15) is 0 Å². The van der Waals surface area contributed by atoms with Gasteiger partial charge in [0.15, 0.2) is 0 Å². The summed E-state index contributed by atoms with van der Waals surface area (Å²) in [6.45, 7) is 1.79. The van der Waals surface area contributed by atoms with Gasteiger partial charge in [-0.1, -0.05) is 12.1 Å². The lowest BCUT2D eigenvalue weighted by Gasteiger charge is -2.09. The molecule has 1 N–H and O–H groups in total. The Balaban J connectivity index is 2.00. The summed E-state index contributed by atoms with van der Waals surface area (Å²) >= 11 is 3.41. The highest BCUT2D eigenvalue weighted by Crippen LogP contribution is 2.26. The second-order valence-corrected chi connectivity index (χ2v) is 6.13. The minimum Gasteiger partial charge on any atom is -0.496 e. The molecule has 0 radical (unpaired) electrons. The highest BCUT2D eigenvalue weighted by molar-refractivity contribution is 9.10. The number of amides is 1. The van der Waals surface area contributed by atoms with Gasteiger partial charge in [0.25, 0.3) is 5.69 Å². The van der Waals surface area contributed by atoms with Crippen molar-refractivity contribution in [1.29, 1.82) is 0 Å². The molecule has 0 atom stereocenters. The summed E-state index contributed by atoms with van der Waals surface area (Å²) in [5, 5.41) is 13.6. The van der Waals surface area contributed by atoms with E-state index in [0.717, 1.165) is 21.3 Å². The van der Waals surface area contributed by atoms with Crippen molar-refractivity contribution in [1.82, 2.24) is 0 Å². The van der Waals surface area contributed by atoms with Crippen LogP contribution in [0.2, 0.25) is 0 Å². The van der Waals surface area contributed by atoms with E-state index in [2.05, 4.69) is 21.2 Å². The Labute approximate surface area is 148 Å². The molecule has 1 amide bonds. The van der Waals surface area contributed by atoms with Crippen molar-refractivity contribution in [2.45, 2.75) is 19.8 Å². The van der Waals surface area contributed by atoms with Crippen LogP contribution in [0, 0.1) is 17.0 Å². The molecule has 2 rings (SSSR count). The van der Waals surface area contributed by atoms with Crippen molar-refractivity contribution in [3.8, 4) is 5.75 Å². The number of hydrogen-bond acceptors (Lipinski definition) is 4. The summed E-state index contributed by atoms with van der Waals surface area (Å²) in [7, 11) is 1.59. The summed E-state index contributed by atoms with van der Waals surface area (Å²) in [6.07, 6.45) is 0.837. The number of halogens is 1. The smallest absolute Gasteiger partial charge is 0.271 e. The molecule has 0 saturated carbocycles. The predicted octanol–water partition coefficient (Wildman–Crippen LogP) is 4.25. The fourth-order valence-electron chi connectivity index (χ4n) is 2.19. The van der Waals surface area contributed by atoms with E-state index in [1.54, 1.807) is 20.1 Å². The number of carbonyl (C=O) groups is 1. The Morgan fingerprint density at radius 3 is 2.67 bits per heavy atom. The van der Waals surface area contributed by atoms with E-state index in [1.807, 2.05) is 18.2 Å². The van der Waals surface area contributed by atoms with Crippen LogP contribution >= 0.6 is 15.9 Å². The third-order valence-electron chi connectivity index (χ3n) is 3.56. The number of nitro groups is 1. The van der Waals surface area contributed by atoms with Gasteiger partial charge in [-0.25, -0.2) is 0 Å². The Morgan fingerprint density at radius 1 is 1.29 bits per heavy atom. The number of carbonyl (C=O) groups excluding carboxylic acids is 1. The van der Waals surface area contributed by atoms with E-state index in [9.17, 15) is 14.9 Å². The fraction of sp³-hybridized carbons (Fsp3) is 0.235. The van der Waals surface area contributed by atoms with Gasteiger partial charge >= 0.3 is 0 Å². The molecule has 24 heavy (non-hydrogen) atoms. The van der Waals surface area contributed by atoms with Gasteiger partial charge < -0.3 is 10.1 Å². The number of hydrogen-bond donors (Lipinski definition) is 1. The summed E-state index contributed by atoms with van der Waals surface area (Å²) in [5.41, 5.74) is 2.19. The first-order valence-electron chi connectivity index (χ1n) is 7.28. The summed E-state index contributed by atoms with van der Waals surface area (Å²) < 4.78 is 6.00. The molecule has 2 aromatic carbocycles. The third kappa shape index (κ3) is 4.55. The number of nitrogens with one attached hydrogen (secondary N) is 1. The predicted molar refractivity (Wildman–Crippen MR) is 95.5 cm³/mol. The van der Waals surface area contributed by atoms with Crippen LogP contribution in [-0.4, -0.2) is 17.9 Å². The highest BCUT2D eigenvalue weighted by atomic mass is 79.9. The molecule has 0 saturated heterocycles. The second-order valence-electron chi connectivity index (χ2n) is 5.27. The number of benzene rings is 2. The van der Waals surface area contributed by atoms with Gasteiger partial charge in [-0.3, -0.25) is 14.9 Å². The lowest BCUT2D eigenvalue weighted by molar-refractivity contribution is -0.384. The number of nitro benzene ring substituents is 1. The molecular formula is C17H17BrN2O4. The van der Waals surface area contributed by atoms with Crippen molar-refractivity contribution < 1.29 is 14.5 Å². The molecule has 7 heteroatoms. The molecular weight excluding hydrogens is 376 g/mol. The first kappa shape index (κ1) is 17.9. The topological polar surface area (TPSA) is 81.5 Å². The first-order valence-corrected chi connectivity index (χ1v) is 8.07. The average molecular weight is 393 g/mol. The fourth-order valence-corrected chi connectivity index (χ4v) is 2.78. The molecule has 126 valence electrons. The summed E-state index contributed by atoms with van der Waals surface area (Å²) in [6, 6.07) is 10.0. The van der Waals surface area contributed by atoms with Gasteiger partial charge in [-0.05, 0) is 52.5 Å². The largest absolute Gasteiger partial charge is 0.496 e. The third-order valence-corrected chi connectivity index (χ3v) is 4.18. The molecule has 0 aromatic heterocycles. The highest BCUT2D eigenvalue weighted by Gasteiger charge is 2.11. The number of anilines is 1. The standard InChI is InChI=1S/C17H17BrN2O4/c1-11-3-6-13(20(22)23)10-15(11)19-17(21)8-5-12-4-7-16(24-2)14(18)9-12/h3-4,6-7,9-10H,5,8H2,1-2H3,(H,19,21). The molecule has 0 unspecified atom stereocenters. The quantitative estimate of drug-likeness (QED) is 0.588. The lowest BCUT2D eigenvalue weighted by atomic mass is 10.1. The van der Waals surface area contributed by atoms with E-state index in [-0.39, 0.29) is 18.0 Å². The van der Waals surface area contributed by atoms with Gasteiger partial charge in [0.05, 0.1) is 22.2 Å². The van der Waals surface area contributed by atoms with E-state index in [1.165, 1.54) is 12.1 Å². The Kier molecular flexibility index (Phi) is 5.92. The maximum atomic E-state index is 12.1. The van der Waals surface area contributed by atoms with E-state index >= 15 is 0 Å². The minimum absolute atomic E-state index is 0.0463. The summed E-state index contributed by atoms with van der Waals surface area (Å²) in [5.74, 6) is 0.543. The second kappa shape index (κ2) is 7.92. The van der Waals surface area contributed by atoms with Crippen molar-refractivity contribution in [2.24, 2.45) is 0 Å². The number of aryl methyl sites for hydroxylation is 2. The van der Waals surface area contributed by atoms with Gasteiger partial charge in [0.1, 0.15) is 5.75 Å². The number of methoxy groups -OCH3 is 1. The van der Waals surface area contributed by atoms with Gasteiger partial charge in [0.2, 0.25) is 5.91 Å². The molecule has 0 bridgehead atoms. The molecule has 0 aliphatic carbocycles. The maximum absolute atomic E-state index is 12.1. The van der Waals surface area contributed by atoms with E-state index in [4.69, 9.17) is 4.74 Å². The van der Waals surface area contributed by atoms with Crippen LogP contribution in [0.5, 0.6) is 5.75 Å². The zero-order valence-electron chi connectivity index (χ0n) is 13.3. The molecule has 0 aliphatic rings. The zero-order chi connectivity index (χ0) is 17.7. The number of ether oxygens (including phenoxy) is 1. The van der Waals surface area contributed by atoms with E-state index < -0.39 is 4.92 Å². The van der Waals surface area contributed by atoms with Gasteiger partial charge in [-0.15, -0.1) is 0 Å². The monoisotopic (exact) mass is 392 g/mol. The Morgan fingerprint density at radius 2 is 2.04 bits per heavy atom. The lowest BCUT2D eigenvalue weighted by Crippen LogP contribution is -2.13. The maximum Gasteiger partial charge on any atom is 0.271 e. The van der Waals surface area contributed by atoms with Crippen LogP contribution in [0.1, 0.15) is 17.5 Å². The van der Waals surface area contributed by atoms with Crippen LogP contribution in [0.25, 0.3) is 0 Å². The van der Waals surface area contributed by atoms with E-state index in [0.29, 0.717) is 12.1 Å². The minimum atomic E-state index is -0.482. The van der Waals surface area contributed by atoms with Crippen molar-refractivity contribution in [2.75, 3.05) is 12.4 Å². The van der Waals surface area contributed by atoms with Crippen LogP contribution < -0.4 is 10.1 Å². The Hall–Kier alpha value is -2.41. The summed E-state index contributed by atoms with van der Waals surface area (Å²) in [4.78, 5) is 22.5. The normalized spacial score (nSPS) is 10.3. The van der Waals surface area contributed by atoms with Gasteiger partial charge in [0, 0.05) is 18.6 Å². The van der Waals surface area contributed by atoms with Crippen molar-refractivity contribution in [3.05, 3.63) is 62.1 Å². The average Bonchev–Trinajstić information content (AvgIpc) is 2.55. The Bertz CT molecular complexity index is 777. The molecule has 0 aliphatic heterocycles. The number of rotatable bonds is 6. The van der Waals surface area contributed by atoms with Crippen molar-refractivity contribution in [3.63, 3.8) is 0 Å². The van der Waals surface area contributed by atoms with Crippen LogP contribution in [0.3, 0.4) is 0 Å². The van der Waals surface area contributed by atoms with Crippen LogP contribution in [0.15, 0.2) is 40.9 Å². The molecule has 0 fully saturated rings. The number of non-ortho nitro benzene ring substituents is 1. The molecule has 6 nitrogen and oxygen atoms in total. The SMILES string of the molecule is COc1ccc(CCC(=O)Nc2cc([N+](=O)[O-])ccc2C)cc1Br. The molecule has 0 heterocycles. The molecule has 2 aromatic rings.